The number of nitrogens with one attached hydrogen (secondary N) is 1. The van der Waals surface area contributed by atoms with E-state index in [1.165, 1.54) is 0 Å². The van der Waals surface area contributed by atoms with Gasteiger partial charge in [-0.25, -0.2) is 0 Å². The normalized spacial score (nSPS) is 23.8. The summed E-state index contributed by atoms with van der Waals surface area (Å²) in [4.78, 5) is 41.7. The van der Waals surface area contributed by atoms with Crippen LogP contribution in [0.5, 0.6) is 5.75 Å². The molecule has 2 aliphatic heterocycles. The van der Waals surface area contributed by atoms with Gasteiger partial charge < -0.3 is 9.64 Å². The van der Waals surface area contributed by atoms with Crippen molar-refractivity contribution >= 4 is 35.8 Å². The summed E-state index contributed by atoms with van der Waals surface area (Å²) in [5.74, 6) is -0.753. The molecule has 0 saturated carbocycles. The molecular formula is C21H27ClN4O4. The molecule has 1 aliphatic carbocycles. The van der Waals surface area contributed by atoms with Gasteiger partial charge in [-0.2, -0.15) is 5.01 Å². The Bertz CT molecular complexity index is 812. The first kappa shape index (κ1) is 22.1. The van der Waals surface area contributed by atoms with Crippen LogP contribution in [0.4, 0.5) is 5.69 Å². The standard InChI is InChI=1S/C21H26N4O4.ClH/c1-29-18-9-5-4-8-17(18)24-12-10-23(11-13-24)14-19(26)22-25-20(27)15-6-2-3-7-16(15)21(25)28;/h2-5,8-9,15-16H,6-7,10-14H2,1H3,(H,22,26);1H. The third kappa shape index (κ3) is 4.29. The van der Waals surface area contributed by atoms with Crippen molar-refractivity contribution in [2.75, 3.05) is 44.7 Å². The Morgan fingerprint density at radius 3 is 2.23 bits per heavy atom. The van der Waals surface area contributed by atoms with Crippen molar-refractivity contribution in [2.45, 2.75) is 12.8 Å². The van der Waals surface area contributed by atoms with Crippen molar-refractivity contribution in [3.05, 3.63) is 36.4 Å². The van der Waals surface area contributed by atoms with E-state index in [9.17, 15) is 14.4 Å². The molecule has 1 N–H and O–H groups in total. The number of carbonyl (C=O) groups excluding carboxylic acids is 3. The molecule has 3 aliphatic rings. The fourth-order valence-corrected chi connectivity index (χ4v) is 4.31. The average molecular weight is 435 g/mol. The SMILES string of the molecule is COc1ccccc1N1CCN(CC(=O)NN2C(=O)C3CC=CCC3C2=O)CC1.Cl. The monoisotopic (exact) mass is 434 g/mol. The van der Waals surface area contributed by atoms with Gasteiger partial charge in [-0.1, -0.05) is 24.3 Å². The van der Waals surface area contributed by atoms with Crippen molar-refractivity contribution in [1.29, 1.82) is 0 Å². The number of para-hydroxylation sites is 2. The van der Waals surface area contributed by atoms with E-state index in [0.29, 0.717) is 25.9 Å². The molecule has 2 fully saturated rings. The van der Waals surface area contributed by atoms with Gasteiger partial charge in [0, 0.05) is 26.2 Å². The lowest BCUT2D eigenvalue weighted by atomic mass is 9.85. The number of allylic oxidation sites excluding steroid dienone is 2. The quantitative estimate of drug-likeness (QED) is 0.554. The smallest absolute Gasteiger partial charge is 0.253 e. The maximum absolute atomic E-state index is 12.5. The highest BCUT2D eigenvalue weighted by atomic mass is 35.5. The number of amides is 3. The topological polar surface area (TPSA) is 82.2 Å². The minimum Gasteiger partial charge on any atom is -0.495 e. The van der Waals surface area contributed by atoms with E-state index in [2.05, 4.69) is 10.3 Å². The van der Waals surface area contributed by atoms with Gasteiger partial charge in [0.1, 0.15) is 5.75 Å². The number of fused-ring (bicyclic) bond motifs is 1. The molecule has 2 unspecified atom stereocenters. The molecule has 2 heterocycles. The van der Waals surface area contributed by atoms with Crippen LogP contribution in [0.2, 0.25) is 0 Å². The first-order valence-corrected chi connectivity index (χ1v) is 10.0. The molecule has 1 aromatic rings. The number of benzene rings is 1. The number of halogens is 1. The third-order valence-corrected chi connectivity index (χ3v) is 5.91. The van der Waals surface area contributed by atoms with Crippen LogP contribution < -0.4 is 15.1 Å². The lowest BCUT2D eigenvalue weighted by Gasteiger charge is -2.36. The van der Waals surface area contributed by atoms with Crippen LogP contribution in [0.15, 0.2) is 36.4 Å². The molecule has 2 atom stereocenters. The number of imide groups is 1. The van der Waals surface area contributed by atoms with Crippen LogP contribution in [0.3, 0.4) is 0 Å². The summed E-state index contributed by atoms with van der Waals surface area (Å²) in [6.45, 7) is 3.12. The number of ether oxygens (including phenoxy) is 1. The Kier molecular flexibility index (Phi) is 6.99. The van der Waals surface area contributed by atoms with Gasteiger partial charge in [-0.15, -0.1) is 12.4 Å². The van der Waals surface area contributed by atoms with E-state index in [-0.39, 0.29) is 48.5 Å². The number of hydrogen-bond acceptors (Lipinski definition) is 6. The van der Waals surface area contributed by atoms with Gasteiger partial charge >= 0.3 is 0 Å². The molecule has 0 spiro atoms. The van der Waals surface area contributed by atoms with Crippen LogP contribution >= 0.6 is 12.4 Å². The van der Waals surface area contributed by atoms with Crippen molar-refractivity contribution in [3.8, 4) is 5.75 Å². The van der Waals surface area contributed by atoms with Crippen LogP contribution in [0.1, 0.15) is 12.8 Å². The van der Waals surface area contributed by atoms with Crippen LogP contribution in [0, 0.1) is 11.8 Å². The van der Waals surface area contributed by atoms with Gasteiger partial charge in [-0.3, -0.25) is 24.7 Å². The summed E-state index contributed by atoms with van der Waals surface area (Å²) >= 11 is 0. The van der Waals surface area contributed by atoms with E-state index in [4.69, 9.17) is 4.74 Å². The highest BCUT2D eigenvalue weighted by Crippen LogP contribution is 2.34. The largest absolute Gasteiger partial charge is 0.495 e. The zero-order chi connectivity index (χ0) is 20.4. The Balaban J connectivity index is 0.00000256. The second kappa shape index (κ2) is 9.49. The molecule has 3 amide bonds. The van der Waals surface area contributed by atoms with E-state index in [1.54, 1.807) is 7.11 Å². The molecule has 8 nitrogen and oxygen atoms in total. The Morgan fingerprint density at radius 2 is 1.63 bits per heavy atom. The molecule has 0 bridgehead atoms. The Hall–Kier alpha value is -2.58. The maximum atomic E-state index is 12.5. The van der Waals surface area contributed by atoms with Crippen molar-refractivity contribution in [1.82, 2.24) is 15.3 Å². The second-order valence-electron chi connectivity index (χ2n) is 7.64. The molecule has 30 heavy (non-hydrogen) atoms. The second-order valence-corrected chi connectivity index (χ2v) is 7.64. The summed E-state index contributed by atoms with van der Waals surface area (Å²) in [7, 11) is 1.66. The molecule has 162 valence electrons. The van der Waals surface area contributed by atoms with Crippen LogP contribution in [0.25, 0.3) is 0 Å². The van der Waals surface area contributed by atoms with Gasteiger partial charge in [-0.05, 0) is 25.0 Å². The van der Waals surface area contributed by atoms with Gasteiger partial charge in [0.05, 0.1) is 31.2 Å². The number of rotatable bonds is 5. The summed E-state index contributed by atoms with van der Waals surface area (Å²) < 4.78 is 5.43. The molecular weight excluding hydrogens is 408 g/mol. The average Bonchev–Trinajstić information content (AvgIpc) is 2.99. The minimum absolute atomic E-state index is 0. The Morgan fingerprint density at radius 1 is 1.03 bits per heavy atom. The van der Waals surface area contributed by atoms with E-state index in [1.807, 2.05) is 41.3 Å². The zero-order valence-corrected chi connectivity index (χ0v) is 17.8. The number of piperazine rings is 1. The molecule has 9 heteroatoms. The van der Waals surface area contributed by atoms with Gasteiger partial charge in [0.2, 0.25) is 0 Å². The molecule has 1 aromatic carbocycles. The van der Waals surface area contributed by atoms with Crippen LogP contribution in [-0.4, -0.2) is 67.5 Å². The third-order valence-electron chi connectivity index (χ3n) is 5.91. The number of nitrogens with zero attached hydrogens (tertiary/aromatic N) is 3. The summed E-state index contributed by atoms with van der Waals surface area (Å²) in [5, 5.41) is 0.940. The molecule has 4 rings (SSSR count). The predicted octanol–water partition coefficient (Wildman–Crippen LogP) is 1.22. The van der Waals surface area contributed by atoms with Crippen LogP contribution in [-0.2, 0) is 14.4 Å². The highest BCUT2D eigenvalue weighted by Gasteiger charge is 2.48. The molecule has 0 radical (unpaired) electrons. The fraction of sp³-hybridized carbons (Fsp3) is 0.476. The predicted molar refractivity (Wildman–Crippen MR) is 114 cm³/mol. The van der Waals surface area contributed by atoms with Crippen molar-refractivity contribution in [2.24, 2.45) is 11.8 Å². The number of hydrazine groups is 1. The van der Waals surface area contributed by atoms with Gasteiger partial charge in [0.15, 0.2) is 0 Å². The van der Waals surface area contributed by atoms with Crippen molar-refractivity contribution < 1.29 is 19.1 Å². The molecule has 0 aromatic heterocycles. The lowest BCUT2D eigenvalue weighted by Crippen LogP contribution is -2.53. The maximum Gasteiger partial charge on any atom is 0.253 e. The number of hydrogen-bond donors (Lipinski definition) is 1. The number of anilines is 1. The summed E-state index contributed by atoms with van der Waals surface area (Å²) in [5.41, 5.74) is 3.58. The van der Waals surface area contributed by atoms with Crippen molar-refractivity contribution in [3.63, 3.8) is 0 Å². The van der Waals surface area contributed by atoms with E-state index in [0.717, 1.165) is 29.5 Å². The fourth-order valence-electron chi connectivity index (χ4n) is 4.31. The number of carbonyl (C=O) groups is 3. The lowest BCUT2D eigenvalue weighted by molar-refractivity contribution is -0.149. The van der Waals surface area contributed by atoms with E-state index < -0.39 is 0 Å². The van der Waals surface area contributed by atoms with Gasteiger partial charge in [0.25, 0.3) is 17.7 Å². The summed E-state index contributed by atoms with van der Waals surface area (Å²) in [6, 6.07) is 7.89. The Labute approximate surface area is 182 Å². The summed E-state index contributed by atoms with van der Waals surface area (Å²) in [6.07, 6.45) is 4.98. The highest BCUT2D eigenvalue weighted by molar-refractivity contribution is 6.06. The number of methoxy groups -OCH3 is 1. The van der Waals surface area contributed by atoms with E-state index >= 15 is 0 Å². The first-order chi connectivity index (χ1) is 14.1. The molecule has 2 saturated heterocycles. The minimum atomic E-state index is -0.336. The first-order valence-electron chi connectivity index (χ1n) is 10.0. The zero-order valence-electron chi connectivity index (χ0n) is 17.0.